The third kappa shape index (κ3) is 3.42. The second-order valence-corrected chi connectivity index (χ2v) is 8.97. The van der Waals surface area contributed by atoms with Gasteiger partial charge in [0.25, 0.3) is 0 Å². The van der Waals surface area contributed by atoms with E-state index in [0.29, 0.717) is 24.6 Å². The van der Waals surface area contributed by atoms with Crippen LogP contribution in [-0.4, -0.2) is 57.0 Å². The van der Waals surface area contributed by atoms with Crippen LogP contribution in [0.15, 0.2) is 0 Å². The number of urea groups is 1. The Labute approximate surface area is 129 Å². The van der Waals surface area contributed by atoms with E-state index in [-0.39, 0.29) is 23.3 Å². The Morgan fingerprint density at radius 1 is 1.29 bits per heavy atom. The molecule has 0 aromatic heterocycles. The van der Waals surface area contributed by atoms with E-state index in [4.69, 9.17) is 4.74 Å². The van der Waals surface area contributed by atoms with Gasteiger partial charge in [-0.1, -0.05) is 12.8 Å². The summed E-state index contributed by atoms with van der Waals surface area (Å²) in [5, 5.41) is 3.06. The number of morpholine rings is 1. The average Bonchev–Trinajstić information content (AvgIpc) is 2.97. The highest BCUT2D eigenvalue weighted by atomic mass is 32.2. The number of carbonyl (C=O) groups is 1. The molecule has 0 aromatic carbocycles. The summed E-state index contributed by atoms with van der Waals surface area (Å²) >= 11 is 0. The predicted octanol–water partition coefficient (Wildman–Crippen LogP) is 1.64. The molecule has 1 N–H and O–H groups in total. The minimum atomic E-state index is -0.756. The highest BCUT2D eigenvalue weighted by Crippen LogP contribution is 2.40. The standard InChI is InChI=1S/C15H26N2O3S/c1-14(2)10-17(11-15(20-14)6-3-4-7-15)13(18)16-12-5-8-21(19)9-12/h12H,3-11H2,1-2H3,(H,16,18)/t12-,21+/m0/s1. The zero-order chi connectivity index (χ0) is 15.1. The lowest BCUT2D eigenvalue weighted by Gasteiger charge is -2.48. The maximum atomic E-state index is 12.5. The fourth-order valence-electron chi connectivity index (χ4n) is 3.98. The highest BCUT2D eigenvalue weighted by Gasteiger charge is 2.47. The number of rotatable bonds is 1. The second kappa shape index (κ2) is 5.54. The summed E-state index contributed by atoms with van der Waals surface area (Å²) in [5.41, 5.74) is -0.435. The van der Waals surface area contributed by atoms with Crippen LogP contribution in [0, 0.1) is 0 Å². The molecule has 6 heteroatoms. The van der Waals surface area contributed by atoms with E-state index in [9.17, 15) is 9.00 Å². The van der Waals surface area contributed by atoms with Crippen LogP contribution in [0.1, 0.15) is 46.0 Å². The number of ether oxygens (including phenoxy) is 1. The van der Waals surface area contributed by atoms with Gasteiger partial charge < -0.3 is 15.0 Å². The Morgan fingerprint density at radius 3 is 2.62 bits per heavy atom. The van der Waals surface area contributed by atoms with Gasteiger partial charge in [0, 0.05) is 28.3 Å². The first-order valence-electron chi connectivity index (χ1n) is 7.98. The Bertz CT molecular complexity index is 446. The van der Waals surface area contributed by atoms with Crippen molar-refractivity contribution in [3.05, 3.63) is 0 Å². The lowest BCUT2D eigenvalue weighted by atomic mass is 9.94. The number of hydrogen-bond acceptors (Lipinski definition) is 3. The molecular weight excluding hydrogens is 288 g/mol. The molecule has 5 nitrogen and oxygen atoms in total. The molecule has 2 saturated heterocycles. The summed E-state index contributed by atoms with van der Waals surface area (Å²) in [7, 11) is -0.756. The fraction of sp³-hybridized carbons (Fsp3) is 0.933. The highest BCUT2D eigenvalue weighted by molar-refractivity contribution is 7.85. The maximum absolute atomic E-state index is 12.5. The van der Waals surface area contributed by atoms with Gasteiger partial charge in [-0.3, -0.25) is 4.21 Å². The molecular formula is C15H26N2O3S. The molecule has 3 fully saturated rings. The number of hydrogen-bond donors (Lipinski definition) is 1. The molecule has 3 aliphatic rings. The van der Waals surface area contributed by atoms with Crippen LogP contribution in [0.3, 0.4) is 0 Å². The molecule has 2 heterocycles. The summed E-state index contributed by atoms with van der Waals surface area (Å²) in [5.74, 6) is 1.31. The molecule has 3 rings (SSSR count). The molecule has 1 spiro atoms. The van der Waals surface area contributed by atoms with Gasteiger partial charge in [-0.05, 0) is 33.1 Å². The van der Waals surface area contributed by atoms with Gasteiger partial charge in [0.15, 0.2) is 0 Å². The number of nitrogens with zero attached hydrogens (tertiary/aromatic N) is 1. The maximum Gasteiger partial charge on any atom is 0.317 e. The zero-order valence-corrected chi connectivity index (χ0v) is 13.8. The van der Waals surface area contributed by atoms with E-state index in [2.05, 4.69) is 19.2 Å². The van der Waals surface area contributed by atoms with Crippen LogP contribution >= 0.6 is 0 Å². The molecule has 0 radical (unpaired) electrons. The van der Waals surface area contributed by atoms with Crippen LogP contribution < -0.4 is 5.32 Å². The van der Waals surface area contributed by atoms with Crippen molar-refractivity contribution in [3.8, 4) is 0 Å². The Kier molecular flexibility index (Phi) is 4.03. The SMILES string of the molecule is CC1(C)CN(C(=O)N[C@H]2CC[S@@](=O)C2)CC2(CCCC2)O1. The molecule has 2 aliphatic heterocycles. The topological polar surface area (TPSA) is 58.6 Å². The largest absolute Gasteiger partial charge is 0.365 e. The molecule has 0 bridgehead atoms. The van der Waals surface area contributed by atoms with Crippen LogP contribution in [0.25, 0.3) is 0 Å². The summed E-state index contributed by atoms with van der Waals surface area (Å²) in [6.07, 6.45) is 5.30. The van der Waals surface area contributed by atoms with E-state index >= 15 is 0 Å². The van der Waals surface area contributed by atoms with Crippen LogP contribution in [-0.2, 0) is 15.5 Å². The van der Waals surface area contributed by atoms with Crippen LogP contribution in [0.5, 0.6) is 0 Å². The first-order chi connectivity index (χ1) is 9.88. The smallest absolute Gasteiger partial charge is 0.317 e. The Balaban J connectivity index is 1.65. The molecule has 2 amide bonds. The average molecular weight is 314 g/mol. The second-order valence-electron chi connectivity index (χ2n) is 7.35. The molecule has 0 unspecified atom stereocenters. The summed E-state index contributed by atoms with van der Waals surface area (Å²) in [6, 6.07) is 0.0605. The van der Waals surface area contributed by atoms with Crippen LogP contribution in [0.4, 0.5) is 4.79 Å². The fourth-order valence-corrected chi connectivity index (χ4v) is 5.39. The van der Waals surface area contributed by atoms with Crippen molar-refractivity contribution in [1.82, 2.24) is 10.2 Å². The van der Waals surface area contributed by atoms with Crippen molar-refractivity contribution < 1.29 is 13.7 Å². The van der Waals surface area contributed by atoms with Crippen molar-refractivity contribution in [3.63, 3.8) is 0 Å². The Morgan fingerprint density at radius 2 is 2.00 bits per heavy atom. The van der Waals surface area contributed by atoms with Crippen molar-refractivity contribution >= 4 is 16.8 Å². The number of nitrogens with one attached hydrogen (secondary N) is 1. The quantitative estimate of drug-likeness (QED) is 0.800. The third-order valence-corrected chi connectivity index (χ3v) is 6.22. The summed E-state index contributed by atoms with van der Waals surface area (Å²) in [6.45, 7) is 5.45. The van der Waals surface area contributed by atoms with Crippen molar-refractivity contribution in [1.29, 1.82) is 0 Å². The van der Waals surface area contributed by atoms with Gasteiger partial charge in [0.2, 0.25) is 0 Å². The molecule has 120 valence electrons. The number of carbonyl (C=O) groups excluding carboxylic acids is 1. The van der Waals surface area contributed by atoms with Gasteiger partial charge in [0.1, 0.15) is 0 Å². The van der Waals surface area contributed by atoms with E-state index in [1.165, 1.54) is 12.8 Å². The molecule has 0 aromatic rings. The minimum absolute atomic E-state index is 0.0125. The normalized spacial score (nSPS) is 34.3. The predicted molar refractivity (Wildman–Crippen MR) is 82.7 cm³/mol. The lowest BCUT2D eigenvalue weighted by Crippen LogP contribution is -2.62. The molecule has 1 aliphatic carbocycles. The van der Waals surface area contributed by atoms with E-state index in [1.54, 1.807) is 0 Å². The first kappa shape index (κ1) is 15.3. The molecule has 2 atom stereocenters. The lowest BCUT2D eigenvalue weighted by molar-refractivity contribution is -0.184. The van der Waals surface area contributed by atoms with Crippen molar-refractivity contribution in [2.75, 3.05) is 24.6 Å². The van der Waals surface area contributed by atoms with Gasteiger partial charge in [0.05, 0.1) is 24.3 Å². The summed E-state index contributed by atoms with van der Waals surface area (Å²) in [4.78, 5) is 14.5. The number of amides is 2. The van der Waals surface area contributed by atoms with Crippen molar-refractivity contribution in [2.45, 2.75) is 63.2 Å². The first-order valence-corrected chi connectivity index (χ1v) is 9.47. The van der Waals surface area contributed by atoms with Gasteiger partial charge in [-0.2, -0.15) is 0 Å². The van der Waals surface area contributed by atoms with E-state index in [0.717, 1.165) is 19.3 Å². The minimum Gasteiger partial charge on any atom is -0.365 e. The molecule has 21 heavy (non-hydrogen) atoms. The van der Waals surface area contributed by atoms with Gasteiger partial charge >= 0.3 is 6.03 Å². The van der Waals surface area contributed by atoms with E-state index in [1.807, 2.05) is 4.90 Å². The zero-order valence-electron chi connectivity index (χ0n) is 13.0. The van der Waals surface area contributed by atoms with E-state index < -0.39 is 10.8 Å². The van der Waals surface area contributed by atoms with Crippen LogP contribution in [0.2, 0.25) is 0 Å². The Hall–Kier alpha value is -0.620. The van der Waals surface area contributed by atoms with Gasteiger partial charge in [-0.15, -0.1) is 0 Å². The van der Waals surface area contributed by atoms with Crippen molar-refractivity contribution in [2.24, 2.45) is 0 Å². The molecule has 1 saturated carbocycles. The summed E-state index contributed by atoms with van der Waals surface area (Å²) < 4.78 is 17.8. The third-order valence-electron chi connectivity index (χ3n) is 4.75. The monoisotopic (exact) mass is 314 g/mol. The van der Waals surface area contributed by atoms with Gasteiger partial charge in [-0.25, -0.2) is 4.79 Å².